The summed E-state index contributed by atoms with van der Waals surface area (Å²) in [5.41, 5.74) is -0.0381. The lowest BCUT2D eigenvalue weighted by molar-refractivity contribution is 0.0690. The Hall–Kier alpha value is -0.160. The molecule has 0 spiro atoms. The molecule has 0 aromatic heterocycles. The van der Waals surface area contributed by atoms with Gasteiger partial charge in [-0.15, -0.1) is 0 Å². The summed E-state index contributed by atoms with van der Waals surface area (Å²) < 4.78 is 0. The Morgan fingerprint density at radius 1 is 1.42 bits per heavy atom. The molecule has 3 unspecified atom stereocenters. The SMILES string of the molecule is CNC1(CO)CCCC(N(C)CC2CCN(C)C2)C1. The molecule has 2 aliphatic rings. The van der Waals surface area contributed by atoms with Crippen LogP contribution in [0.4, 0.5) is 0 Å². The third-order valence-electron chi connectivity index (χ3n) is 5.31. The molecule has 3 atom stereocenters. The van der Waals surface area contributed by atoms with E-state index in [9.17, 15) is 5.11 Å². The predicted molar refractivity (Wildman–Crippen MR) is 79.4 cm³/mol. The number of nitrogens with zero attached hydrogens (tertiary/aromatic N) is 2. The van der Waals surface area contributed by atoms with Crippen molar-refractivity contribution in [2.24, 2.45) is 5.92 Å². The number of rotatable bonds is 5. The highest BCUT2D eigenvalue weighted by atomic mass is 16.3. The first-order valence-corrected chi connectivity index (χ1v) is 7.77. The van der Waals surface area contributed by atoms with Crippen molar-refractivity contribution in [3.63, 3.8) is 0 Å². The molecule has 112 valence electrons. The summed E-state index contributed by atoms with van der Waals surface area (Å²) >= 11 is 0. The van der Waals surface area contributed by atoms with Crippen molar-refractivity contribution < 1.29 is 5.11 Å². The molecule has 1 saturated heterocycles. The second kappa shape index (κ2) is 6.53. The molecule has 2 fully saturated rings. The molecule has 0 bridgehead atoms. The smallest absolute Gasteiger partial charge is 0.0613 e. The van der Waals surface area contributed by atoms with Gasteiger partial charge in [-0.2, -0.15) is 0 Å². The standard InChI is InChI=1S/C15H31N3O/c1-16-15(12-19)7-4-5-14(9-15)18(3)11-13-6-8-17(2)10-13/h13-14,16,19H,4-12H2,1-3H3. The van der Waals surface area contributed by atoms with E-state index in [2.05, 4.69) is 29.2 Å². The average molecular weight is 269 g/mol. The van der Waals surface area contributed by atoms with Gasteiger partial charge in [0.25, 0.3) is 0 Å². The maximum absolute atomic E-state index is 9.67. The molecule has 19 heavy (non-hydrogen) atoms. The normalized spacial score (nSPS) is 37.1. The molecule has 0 aromatic rings. The third-order valence-corrected chi connectivity index (χ3v) is 5.31. The van der Waals surface area contributed by atoms with Gasteiger partial charge in [0, 0.05) is 24.7 Å². The molecule has 4 nitrogen and oxygen atoms in total. The van der Waals surface area contributed by atoms with E-state index in [1.54, 1.807) is 0 Å². The van der Waals surface area contributed by atoms with Crippen LogP contribution in [0.2, 0.25) is 0 Å². The minimum atomic E-state index is -0.0381. The topological polar surface area (TPSA) is 38.7 Å². The highest BCUT2D eigenvalue weighted by Crippen LogP contribution is 2.31. The van der Waals surface area contributed by atoms with E-state index in [1.165, 1.54) is 38.9 Å². The van der Waals surface area contributed by atoms with Crippen LogP contribution in [0.3, 0.4) is 0 Å². The van der Waals surface area contributed by atoms with Crippen LogP contribution in [0.1, 0.15) is 32.1 Å². The average Bonchev–Trinajstić information content (AvgIpc) is 2.84. The van der Waals surface area contributed by atoms with Gasteiger partial charge in [0.1, 0.15) is 0 Å². The van der Waals surface area contributed by atoms with Crippen LogP contribution in [0.15, 0.2) is 0 Å². The van der Waals surface area contributed by atoms with Crippen molar-refractivity contribution in [2.45, 2.75) is 43.7 Å². The molecular weight excluding hydrogens is 238 g/mol. The zero-order chi connectivity index (χ0) is 13.9. The molecule has 1 saturated carbocycles. The van der Waals surface area contributed by atoms with Crippen molar-refractivity contribution in [1.82, 2.24) is 15.1 Å². The number of aliphatic hydroxyl groups is 1. The van der Waals surface area contributed by atoms with Crippen LogP contribution in [-0.2, 0) is 0 Å². The Kier molecular flexibility index (Phi) is 5.23. The summed E-state index contributed by atoms with van der Waals surface area (Å²) in [6.45, 7) is 3.97. The number of hydrogen-bond donors (Lipinski definition) is 2. The van der Waals surface area contributed by atoms with E-state index < -0.39 is 0 Å². The van der Waals surface area contributed by atoms with E-state index in [1.807, 2.05) is 7.05 Å². The summed E-state index contributed by atoms with van der Waals surface area (Å²) in [5.74, 6) is 0.829. The van der Waals surface area contributed by atoms with Crippen LogP contribution in [0, 0.1) is 5.92 Å². The largest absolute Gasteiger partial charge is 0.394 e. The lowest BCUT2D eigenvalue weighted by atomic mass is 9.79. The molecule has 2 rings (SSSR count). The van der Waals surface area contributed by atoms with Gasteiger partial charge in [0.15, 0.2) is 0 Å². The zero-order valence-corrected chi connectivity index (χ0v) is 12.9. The molecular formula is C15H31N3O. The Morgan fingerprint density at radius 2 is 2.21 bits per heavy atom. The molecule has 1 heterocycles. The predicted octanol–water partition coefficient (Wildman–Crippen LogP) is 0.763. The lowest BCUT2D eigenvalue weighted by Gasteiger charge is -2.43. The highest BCUT2D eigenvalue weighted by molar-refractivity contribution is 4.95. The van der Waals surface area contributed by atoms with Crippen molar-refractivity contribution >= 4 is 0 Å². The second-order valence-electron chi connectivity index (χ2n) is 6.80. The summed E-state index contributed by atoms with van der Waals surface area (Å²) in [5, 5.41) is 13.0. The Morgan fingerprint density at radius 3 is 2.79 bits per heavy atom. The number of likely N-dealkylation sites (N-methyl/N-ethyl adjacent to an activating group) is 1. The minimum absolute atomic E-state index is 0.0381. The minimum Gasteiger partial charge on any atom is -0.394 e. The van der Waals surface area contributed by atoms with Gasteiger partial charge in [0.05, 0.1) is 6.61 Å². The second-order valence-corrected chi connectivity index (χ2v) is 6.80. The van der Waals surface area contributed by atoms with Crippen molar-refractivity contribution in [3.05, 3.63) is 0 Å². The molecule has 0 radical (unpaired) electrons. The van der Waals surface area contributed by atoms with E-state index in [0.29, 0.717) is 6.04 Å². The summed E-state index contributed by atoms with van der Waals surface area (Å²) in [6, 6.07) is 0.624. The molecule has 0 amide bonds. The Labute approximate surface area is 118 Å². The van der Waals surface area contributed by atoms with Crippen LogP contribution in [-0.4, -0.2) is 73.9 Å². The fraction of sp³-hybridized carbons (Fsp3) is 1.00. The molecule has 1 aliphatic heterocycles. The lowest BCUT2D eigenvalue weighted by Crippen LogP contribution is -2.54. The van der Waals surface area contributed by atoms with E-state index in [0.717, 1.165) is 18.8 Å². The number of hydrogen-bond acceptors (Lipinski definition) is 4. The van der Waals surface area contributed by atoms with Gasteiger partial charge in [-0.3, -0.25) is 0 Å². The first-order chi connectivity index (χ1) is 9.08. The van der Waals surface area contributed by atoms with Crippen molar-refractivity contribution in [3.8, 4) is 0 Å². The first kappa shape index (κ1) is 15.2. The summed E-state index contributed by atoms with van der Waals surface area (Å²) in [4.78, 5) is 4.98. The summed E-state index contributed by atoms with van der Waals surface area (Å²) in [7, 11) is 6.48. The maximum atomic E-state index is 9.67. The maximum Gasteiger partial charge on any atom is 0.0613 e. The zero-order valence-electron chi connectivity index (χ0n) is 12.9. The number of nitrogens with one attached hydrogen (secondary N) is 1. The Balaban J connectivity index is 1.86. The molecule has 0 aromatic carbocycles. The number of likely N-dealkylation sites (tertiary alicyclic amines) is 1. The Bertz CT molecular complexity index is 281. The third kappa shape index (κ3) is 3.69. The monoisotopic (exact) mass is 269 g/mol. The van der Waals surface area contributed by atoms with E-state index in [4.69, 9.17) is 0 Å². The van der Waals surface area contributed by atoms with Crippen LogP contribution < -0.4 is 5.32 Å². The fourth-order valence-electron chi connectivity index (χ4n) is 3.89. The van der Waals surface area contributed by atoms with Gasteiger partial charge in [-0.25, -0.2) is 0 Å². The van der Waals surface area contributed by atoms with E-state index in [-0.39, 0.29) is 12.1 Å². The van der Waals surface area contributed by atoms with Gasteiger partial charge < -0.3 is 20.2 Å². The van der Waals surface area contributed by atoms with Crippen LogP contribution >= 0.6 is 0 Å². The number of aliphatic hydroxyl groups excluding tert-OH is 1. The van der Waals surface area contributed by atoms with Crippen molar-refractivity contribution in [2.75, 3.05) is 47.4 Å². The van der Waals surface area contributed by atoms with Gasteiger partial charge in [-0.05, 0) is 65.7 Å². The first-order valence-electron chi connectivity index (χ1n) is 7.77. The molecule has 4 heteroatoms. The van der Waals surface area contributed by atoms with Crippen LogP contribution in [0.5, 0.6) is 0 Å². The molecule has 1 aliphatic carbocycles. The van der Waals surface area contributed by atoms with E-state index >= 15 is 0 Å². The highest BCUT2D eigenvalue weighted by Gasteiger charge is 2.36. The molecule has 2 N–H and O–H groups in total. The van der Waals surface area contributed by atoms with Crippen molar-refractivity contribution in [1.29, 1.82) is 0 Å². The van der Waals surface area contributed by atoms with Crippen LogP contribution in [0.25, 0.3) is 0 Å². The van der Waals surface area contributed by atoms with Gasteiger partial charge in [-0.1, -0.05) is 0 Å². The quantitative estimate of drug-likeness (QED) is 0.773. The summed E-state index contributed by atoms with van der Waals surface area (Å²) in [6.07, 6.45) is 6.03. The fourth-order valence-corrected chi connectivity index (χ4v) is 3.89. The van der Waals surface area contributed by atoms with Gasteiger partial charge >= 0.3 is 0 Å². The van der Waals surface area contributed by atoms with Gasteiger partial charge in [0.2, 0.25) is 0 Å².